The van der Waals surface area contributed by atoms with Crippen molar-refractivity contribution in [2.75, 3.05) is 6.61 Å². The average Bonchev–Trinajstić information content (AvgIpc) is 3.01. The summed E-state index contributed by atoms with van der Waals surface area (Å²) in [6.07, 6.45) is 3.32. The molecule has 0 amide bonds. The minimum atomic E-state index is -0.306. The van der Waals surface area contributed by atoms with Crippen LogP contribution in [0.2, 0.25) is 0 Å². The highest BCUT2D eigenvalue weighted by Gasteiger charge is 2.08. The SMILES string of the molecule is CCOC(=O)/C=C/c1sccc1-c1cccc2ccccc12. The standard InChI is InChI=1S/C19H16O2S/c1-2-21-19(20)11-10-18-17(12-13-22-18)16-9-5-7-14-6-3-4-8-15(14)16/h3-13H,2H2,1H3/b11-10+. The number of hydrogen-bond acceptors (Lipinski definition) is 3. The van der Waals surface area contributed by atoms with E-state index in [1.165, 1.54) is 22.4 Å². The number of thiophene rings is 1. The third-order valence-electron chi connectivity index (χ3n) is 3.43. The van der Waals surface area contributed by atoms with Gasteiger partial charge in [-0.3, -0.25) is 0 Å². The van der Waals surface area contributed by atoms with E-state index < -0.39 is 0 Å². The fourth-order valence-electron chi connectivity index (χ4n) is 2.47. The van der Waals surface area contributed by atoms with Crippen LogP contribution in [-0.2, 0) is 9.53 Å². The van der Waals surface area contributed by atoms with Crippen LogP contribution in [0.4, 0.5) is 0 Å². The van der Waals surface area contributed by atoms with E-state index in [1.807, 2.05) is 23.6 Å². The Kier molecular flexibility index (Phi) is 4.35. The normalized spacial score (nSPS) is 11.1. The topological polar surface area (TPSA) is 26.3 Å². The van der Waals surface area contributed by atoms with Crippen LogP contribution < -0.4 is 0 Å². The second-order valence-electron chi connectivity index (χ2n) is 4.81. The third-order valence-corrected chi connectivity index (χ3v) is 4.31. The molecule has 0 aliphatic rings. The molecule has 2 nitrogen and oxygen atoms in total. The smallest absolute Gasteiger partial charge is 0.330 e. The lowest BCUT2D eigenvalue weighted by molar-refractivity contribution is -0.137. The van der Waals surface area contributed by atoms with E-state index >= 15 is 0 Å². The van der Waals surface area contributed by atoms with E-state index in [9.17, 15) is 4.79 Å². The van der Waals surface area contributed by atoms with Crippen LogP contribution in [0.25, 0.3) is 28.0 Å². The van der Waals surface area contributed by atoms with Crippen LogP contribution in [0.5, 0.6) is 0 Å². The van der Waals surface area contributed by atoms with Gasteiger partial charge >= 0.3 is 5.97 Å². The average molecular weight is 308 g/mol. The van der Waals surface area contributed by atoms with Crippen molar-refractivity contribution in [3.8, 4) is 11.1 Å². The molecular weight excluding hydrogens is 292 g/mol. The van der Waals surface area contributed by atoms with Gasteiger partial charge in [0, 0.05) is 16.5 Å². The molecule has 22 heavy (non-hydrogen) atoms. The molecule has 0 atom stereocenters. The summed E-state index contributed by atoms with van der Waals surface area (Å²) in [5.41, 5.74) is 2.32. The Balaban J connectivity index is 2.02. The van der Waals surface area contributed by atoms with E-state index in [4.69, 9.17) is 4.74 Å². The summed E-state index contributed by atoms with van der Waals surface area (Å²) in [6, 6.07) is 16.7. The minimum Gasteiger partial charge on any atom is -0.463 e. The minimum absolute atomic E-state index is 0.306. The first-order chi connectivity index (χ1) is 10.8. The summed E-state index contributed by atoms with van der Waals surface area (Å²) in [4.78, 5) is 12.6. The summed E-state index contributed by atoms with van der Waals surface area (Å²) in [5.74, 6) is -0.306. The Morgan fingerprint density at radius 2 is 1.91 bits per heavy atom. The molecule has 1 aromatic heterocycles. The van der Waals surface area contributed by atoms with Gasteiger partial charge in [-0.15, -0.1) is 11.3 Å². The van der Waals surface area contributed by atoms with Crippen molar-refractivity contribution >= 4 is 34.2 Å². The van der Waals surface area contributed by atoms with Crippen molar-refractivity contribution < 1.29 is 9.53 Å². The maximum atomic E-state index is 11.5. The van der Waals surface area contributed by atoms with Crippen molar-refractivity contribution in [3.63, 3.8) is 0 Å². The molecule has 0 spiro atoms. The molecule has 2 aromatic carbocycles. The number of rotatable bonds is 4. The van der Waals surface area contributed by atoms with Gasteiger partial charge in [0.05, 0.1) is 6.61 Å². The van der Waals surface area contributed by atoms with Crippen LogP contribution in [0, 0.1) is 0 Å². The Morgan fingerprint density at radius 1 is 1.09 bits per heavy atom. The molecular formula is C19H16O2S. The van der Waals surface area contributed by atoms with Gasteiger partial charge in [-0.1, -0.05) is 42.5 Å². The molecule has 3 aromatic rings. The van der Waals surface area contributed by atoms with Crippen molar-refractivity contribution in [1.82, 2.24) is 0 Å². The van der Waals surface area contributed by atoms with Gasteiger partial charge in [-0.25, -0.2) is 4.79 Å². The predicted octanol–water partition coefficient (Wildman–Crippen LogP) is 5.14. The molecule has 3 heteroatoms. The molecule has 0 unspecified atom stereocenters. The molecule has 0 saturated heterocycles. The molecule has 0 radical (unpaired) electrons. The van der Waals surface area contributed by atoms with Crippen molar-refractivity contribution in [1.29, 1.82) is 0 Å². The van der Waals surface area contributed by atoms with Crippen molar-refractivity contribution in [3.05, 3.63) is 64.9 Å². The van der Waals surface area contributed by atoms with Crippen molar-refractivity contribution in [2.45, 2.75) is 6.92 Å². The van der Waals surface area contributed by atoms with Crippen molar-refractivity contribution in [2.24, 2.45) is 0 Å². The van der Waals surface area contributed by atoms with E-state index in [0.717, 1.165) is 10.4 Å². The monoisotopic (exact) mass is 308 g/mol. The number of benzene rings is 2. The summed E-state index contributed by atoms with van der Waals surface area (Å²) in [7, 11) is 0. The molecule has 110 valence electrons. The lowest BCUT2D eigenvalue weighted by Gasteiger charge is -2.06. The largest absolute Gasteiger partial charge is 0.463 e. The second-order valence-corrected chi connectivity index (χ2v) is 5.76. The van der Waals surface area contributed by atoms with Gasteiger partial charge < -0.3 is 4.74 Å². The number of esters is 1. The fraction of sp³-hybridized carbons (Fsp3) is 0.105. The Hall–Kier alpha value is -2.39. The van der Waals surface area contributed by atoms with E-state index in [1.54, 1.807) is 18.3 Å². The summed E-state index contributed by atoms with van der Waals surface area (Å²) >= 11 is 1.62. The highest BCUT2D eigenvalue weighted by molar-refractivity contribution is 7.11. The quantitative estimate of drug-likeness (QED) is 0.492. The van der Waals surface area contributed by atoms with Crippen LogP contribution in [0.15, 0.2) is 60.0 Å². The number of carbonyl (C=O) groups is 1. The first-order valence-corrected chi connectivity index (χ1v) is 8.08. The van der Waals surface area contributed by atoms with Crippen LogP contribution in [-0.4, -0.2) is 12.6 Å². The number of hydrogen-bond donors (Lipinski definition) is 0. The zero-order valence-corrected chi connectivity index (χ0v) is 13.1. The lowest BCUT2D eigenvalue weighted by atomic mass is 9.99. The second kappa shape index (κ2) is 6.58. The van der Waals surface area contributed by atoms with Gasteiger partial charge in [0.1, 0.15) is 0 Å². The summed E-state index contributed by atoms with van der Waals surface area (Å²) in [6.45, 7) is 2.20. The number of ether oxygens (including phenoxy) is 1. The zero-order valence-electron chi connectivity index (χ0n) is 12.3. The van der Waals surface area contributed by atoms with Crippen LogP contribution in [0.1, 0.15) is 11.8 Å². The summed E-state index contributed by atoms with van der Waals surface area (Å²) < 4.78 is 4.93. The van der Waals surface area contributed by atoms with Gasteiger partial charge in [-0.05, 0) is 40.8 Å². The lowest BCUT2D eigenvalue weighted by Crippen LogP contribution is -1.98. The number of fused-ring (bicyclic) bond motifs is 1. The van der Waals surface area contributed by atoms with E-state index in [0.29, 0.717) is 6.61 Å². The molecule has 1 heterocycles. The van der Waals surface area contributed by atoms with Gasteiger partial charge in [0.2, 0.25) is 0 Å². The molecule has 0 aliphatic carbocycles. The first kappa shape index (κ1) is 14.5. The zero-order chi connectivity index (χ0) is 15.4. The van der Waals surface area contributed by atoms with Gasteiger partial charge in [0.15, 0.2) is 0 Å². The maximum Gasteiger partial charge on any atom is 0.330 e. The highest BCUT2D eigenvalue weighted by atomic mass is 32.1. The van der Waals surface area contributed by atoms with Crippen LogP contribution >= 0.6 is 11.3 Å². The Bertz CT molecular complexity index is 825. The molecule has 0 aliphatic heterocycles. The maximum absolute atomic E-state index is 11.5. The Morgan fingerprint density at radius 3 is 2.77 bits per heavy atom. The molecule has 0 fully saturated rings. The van der Waals surface area contributed by atoms with Gasteiger partial charge in [-0.2, -0.15) is 0 Å². The Labute approximate surface area is 133 Å². The molecule has 0 bridgehead atoms. The fourth-order valence-corrected chi connectivity index (χ4v) is 3.27. The molecule has 0 saturated carbocycles. The predicted molar refractivity (Wildman–Crippen MR) is 92.9 cm³/mol. The highest BCUT2D eigenvalue weighted by Crippen LogP contribution is 2.34. The van der Waals surface area contributed by atoms with E-state index in [2.05, 4.69) is 36.4 Å². The molecule has 0 N–H and O–H groups in total. The van der Waals surface area contributed by atoms with E-state index in [-0.39, 0.29) is 5.97 Å². The third kappa shape index (κ3) is 2.95. The summed E-state index contributed by atoms with van der Waals surface area (Å²) in [5, 5.41) is 4.47. The molecule has 3 rings (SSSR count). The number of carbonyl (C=O) groups excluding carboxylic acids is 1. The van der Waals surface area contributed by atoms with Crippen LogP contribution in [0.3, 0.4) is 0 Å². The first-order valence-electron chi connectivity index (χ1n) is 7.20. The van der Waals surface area contributed by atoms with Gasteiger partial charge in [0.25, 0.3) is 0 Å².